The predicted molar refractivity (Wildman–Crippen MR) is 68.0 cm³/mol. The van der Waals surface area contributed by atoms with Crippen LogP contribution in [0.15, 0.2) is 0 Å². The topological polar surface area (TPSA) is 29.5 Å². The van der Waals surface area contributed by atoms with Gasteiger partial charge in [-0.25, -0.2) is 0 Å². The molecule has 1 spiro atoms. The van der Waals surface area contributed by atoms with Crippen LogP contribution in [0.3, 0.4) is 0 Å². The lowest BCUT2D eigenvalue weighted by molar-refractivity contribution is -0.137. The van der Waals surface area contributed by atoms with Crippen molar-refractivity contribution in [2.75, 3.05) is 26.3 Å². The summed E-state index contributed by atoms with van der Waals surface area (Å²) in [6.07, 6.45) is 7.69. The lowest BCUT2D eigenvalue weighted by Gasteiger charge is -2.30. The van der Waals surface area contributed by atoms with E-state index in [1.807, 2.05) is 0 Å². The molecule has 3 unspecified atom stereocenters. The molecular weight excluding hydrogens is 226 g/mol. The van der Waals surface area contributed by atoms with E-state index in [9.17, 15) is 4.79 Å². The fourth-order valence-corrected chi connectivity index (χ4v) is 4.44. The Bertz CT molecular complexity index is 364. The van der Waals surface area contributed by atoms with Gasteiger partial charge in [0.2, 0.25) is 5.91 Å². The van der Waals surface area contributed by atoms with E-state index in [-0.39, 0.29) is 0 Å². The minimum Gasteiger partial charge on any atom is -0.379 e. The summed E-state index contributed by atoms with van der Waals surface area (Å²) in [5, 5.41) is 0. The number of nitrogens with zero attached hydrogens (tertiary/aromatic N) is 1. The number of hydrogen-bond donors (Lipinski definition) is 0. The Morgan fingerprint density at radius 1 is 1.22 bits per heavy atom. The number of amides is 1. The van der Waals surface area contributed by atoms with Gasteiger partial charge >= 0.3 is 0 Å². The van der Waals surface area contributed by atoms with Gasteiger partial charge in [-0.05, 0) is 43.9 Å². The molecule has 0 radical (unpaired) electrons. The van der Waals surface area contributed by atoms with E-state index in [1.54, 1.807) is 0 Å². The molecule has 3 saturated carbocycles. The zero-order chi connectivity index (χ0) is 12.2. The Labute approximate surface area is 109 Å². The highest BCUT2D eigenvalue weighted by molar-refractivity contribution is 5.79. The predicted octanol–water partition coefficient (Wildman–Crippen LogP) is 2.06. The SMILES string of the molecule is O=C(C1CC2CCC1C2)N1CCOCC2(CC2)C1. The molecule has 4 aliphatic rings. The lowest BCUT2D eigenvalue weighted by atomic mass is 9.87. The largest absolute Gasteiger partial charge is 0.379 e. The number of carbonyl (C=O) groups is 1. The first kappa shape index (κ1) is 11.3. The van der Waals surface area contributed by atoms with E-state index in [0.29, 0.717) is 23.2 Å². The summed E-state index contributed by atoms with van der Waals surface area (Å²) in [5.74, 6) is 2.39. The highest BCUT2D eigenvalue weighted by Crippen LogP contribution is 2.51. The van der Waals surface area contributed by atoms with E-state index in [1.165, 1.54) is 38.5 Å². The van der Waals surface area contributed by atoms with Crippen molar-refractivity contribution < 1.29 is 9.53 Å². The first-order valence-electron chi connectivity index (χ1n) is 7.62. The Hall–Kier alpha value is -0.570. The molecular formula is C15H23NO2. The highest BCUT2D eigenvalue weighted by atomic mass is 16.5. The molecule has 3 aliphatic carbocycles. The molecule has 1 amide bonds. The Balaban J connectivity index is 1.47. The van der Waals surface area contributed by atoms with Gasteiger partial charge in [0, 0.05) is 24.4 Å². The van der Waals surface area contributed by atoms with Gasteiger partial charge in [0.15, 0.2) is 0 Å². The van der Waals surface area contributed by atoms with Crippen molar-refractivity contribution in [1.29, 1.82) is 0 Å². The minimum atomic E-state index is 0.351. The van der Waals surface area contributed by atoms with Crippen LogP contribution in [0.4, 0.5) is 0 Å². The van der Waals surface area contributed by atoms with Gasteiger partial charge in [-0.3, -0.25) is 4.79 Å². The van der Waals surface area contributed by atoms with E-state index in [0.717, 1.165) is 32.2 Å². The first-order chi connectivity index (χ1) is 8.76. The van der Waals surface area contributed by atoms with Crippen molar-refractivity contribution in [3.8, 4) is 0 Å². The summed E-state index contributed by atoms with van der Waals surface area (Å²) >= 11 is 0. The van der Waals surface area contributed by atoms with E-state index < -0.39 is 0 Å². The molecule has 1 aliphatic heterocycles. The van der Waals surface area contributed by atoms with Crippen LogP contribution in [-0.2, 0) is 9.53 Å². The van der Waals surface area contributed by atoms with Crippen molar-refractivity contribution in [2.45, 2.75) is 38.5 Å². The van der Waals surface area contributed by atoms with Crippen LogP contribution in [0.2, 0.25) is 0 Å². The molecule has 0 N–H and O–H groups in total. The van der Waals surface area contributed by atoms with E-state index in [4.69, 9.17) is 4.74 Å². The van der Waals surface area contributed by atoms with Gasteiger partial charge in [0.25, 0.3) is 0 Å². The average Bonchev–Trinajstić information content (AvgIpc) is 2.91. The van der Waals surface area contributed by atoms with Crippen LogP contribution in [0, 0.1) is 23.2 Å². The quantitative estimate of drug-likeness (QED) is 0.712. The Kier molecular flexibility index (Phi) is 2.48. The number of rotatable bonds is 1. The second kappa shape index (κ2) is 3.96. The number of hydrogen-bond acceptors (Lipinski definition) is 2. The van der Waals surface area contributed by atoms with Crippen LogP contribution in [0.5, 0.6) is 0 Å². The first-order valence-corrected chi connectivity index (χ1v) is 7.62. The maximum Gasteiger partial charge on any atom is 0.226 e. The molecule has 0 aromatic carbocycles. The van der Waals surface area contributed by atoms with Crippen LogP contribution in [-0.4, -0.2) is 37.1 Å². The van der Waals surface area contributed by atoms with Crippen LogP contribution >= 0.6 is 0 Å². The zero-order valence-corrected chi connectivity index (χ0v) is 11.1. The lowest BCUT2D eigenvalue weighted by Crippen LogP contribution is -2.41. The summed E-state index contributed by atoms with van der Waals surface area (Å²) in [6.45, 7) is 3.43. The third kappa shape index (κ3) is 1.78. The monoisotopic (exact) mass is 249 g/mol. The van der Waals surface area contributed by atoms with Gasteiger partial charge in [-0.15, -0.1) is 0 Å². The number of carbonyl (C=O) groups excluding carboxylic acids is 1. The third-order valence-corrected chi connectivity index (χ3v) is 5.76. The molecule has 1 saturated heterocycles. The van der Waals surface area contributed by atoms with Crippen molar-refractivity contribution in [1.82, 2.24) is 4.90 Å². The molecule has 3 nitrogen and oxygen atoms in total. The number of fused-ring (bicyclic) bond motifs is 2. The second-order valence-corrected chi connectivity index (χ2v) is 7.09. The maximum atomic E-state index is 12.7. The van der Waals surface area contributed by atoms with Gasteiger partial charge in [0.1, 0.15) is 0 Å². The third-order valence-electron chi connectivity index (χ3n) is 5.76. The highest BCUT2D eigenvalue weighted by Gasteiger charge is 2.49. The second-order valence-electron chi connectivity index (χ2n) is 7.09. The zero-order valence-electron chi connectivity index (χ0n) is 11.1. The molecule has 4 rings (SSSR count). The Morgan fingerprint density at radius 3 is 2.78 bits per heavy atom. The molecule has 100 valence electrons. The van der Waals surface area contributed by atoms with Gasteiger partial charge < -0.3 is 9.64 Å². The molecule has 2 bridgehead atoms. The summed E-state index contributed by atoms with van der Waals surface area (Å²) < 4.78 is 5.68. The molecule has 0 aromatic rings. The van der Waals surface area contributed by atoms with Gasteiger partial charge in [-0.1, -0.05) is 6.42 Å². The fourth-order valence-electron chi connectivity index (χ4n) is 4.44. The molecule has 3 heteroatoms. The van der Waals surface area contributed by atoms with Crippen LogP contribution in [0.25, 0.3) is 0 Å². The van der Waals surface area contributed by atoms with E-state index >= 15 is 0 Å². The number of ether oxygens (including phenoxy) is 1. The van der Waals surface area contributed by atoms with Crippen molar-refractivity contribution >= 4 is 5.91 Å². The van der Waals surface area contributed by atoms with E-state index in [2.05, 4.69) is 4.90 Å². The molecule has 3 atom stereocenters. The minimum absolute atomic E-state index is 0.351. The van der Waals surface area contributed by atoms with Gasteiger partial charge in [-0.2, -0.15) is 0 Å². The summed E-state index contributed by atoms with van der Waals surface area (Å²) in [7, 11) is 0. The van der Waals surface area contributed by atoms with Crippen molar-refractivity contribution in [2.24, 2.45) is 23.2 Å². The average molecular weight is 249 g/mol. The standard InChI is InChI=1S/C15H23NO2/c17-14(13-8-11-1-2-12(13)7-11)16-5-6-18-10-15(9-16)3-4-15/h11-13H,1-10H2. The molecule has 18 heavy (non-hydrogen) atoms. The summed E-state index contributed by atoms with van der Waals surface area (Å²) in [4.78, 5) is 14.9. The Morgan fingerprint density at radius 2 is 2.11 bits per heavy atom. The molecule has 0 aromatic heterocycles. The normalized spacial score (nSPS) is 41.1. The maximum absolute atomic E-state index is 12.7. The van der Waals surface area contributed by atoms with Crippen molar-refractivity contribution in [3.63, 3.8) is 0 Å². The smallest absolute Gasteiger partial charge is 0.226 e. The molecule has 4 fully saturated rings. The summed E-state index contributed by atoms with van der Waals surface area (Å²) in [6, 6.07) is 0. The van der Waals surface area contributed by atoms with Crippen LogP contribution in [0.1, 0.15) is 38.5 Å². The van der Waals surface area contributed by atoms with Gasteiger partial charge in [0.05, 0.1) is 13.2 Å². The molecule has 1 heterocycles. The van der Waals surface area contributed by atoms with Crippen LogP contribution < -0.4 is 0 Å². The fraction of sp³-hybridized carbons (Fsp3) is 0.933. The summed E-state index contributed by atoms with van der Waals surface area (Å²) in [5.41, 5.74) is 0.351. The van der Waals surface area contributed by atoms with Crippen molar-refractivity contribution in [3.05, 3.63) is 0 Å².